The Morgan fingerprint density at radius 1 is 1.36 bits per heavy atom. The van der Waals surface area contributed by atoms with Crippen LogP contribution in [0.3, 0.4) is 0 Å². The van der Waals surface area contributed by atoms with Gasteiger partial charge >= 0.3 is 0 Å². The number of piperidine rings is 1. The van der Waals surface area contributed by atoms with Gasteiger partial charge in [0.2, 0.25) is 0 Å². The fourth-order valence-electron chi connectivity index (χ4n) is 3.83. The lowest BCUT2D eigenvalue weighted by Crippen LogP contribution is -2.49. The summed E-state index contributed by atoms with van der Waals surface area (Å²) in [5.41, 5.74) is 2.18. The second-order valence-corrected chi connectivity index (χ2v) is 7.44. The number of nitrogens with one attached hydrogen (secondary N) is 2. The highest BCUT2D eigenvalue weighted by molar-refractivity contribution is 5.80. The van der Waals surface area contributed by atoms with Crippen molar-refractivity contribution in [3.63, 3.8) is 0 Å². The zero-order valence-corrected chi connectivity index (χ0v) is 16.8. The Kier molecular flexibility index (Phi) is 6.93. The number of alkyl halides is 2. The number of aliphatic imine (C=N–C) groups is 1. The van der Waals surface area contributed by atoms with Crippen LogP contribution in [-0.2, 0) is 13.0 Å². The summed E-state index contributed by atoms with van der Waals surface area (Å²) in [6.07, 6.45) is 0.455. The van der Waals surface area contributed by atoms with Crippen molar-refractivity contribution in [2.75, 3.05) is 33.8 Å². The van der Waals surface area contributed by atoms with Gasteiger partial charge in [-0.25, -0.2) is 8.78 Å². The molecule has 0 spiro atoms. The number of rotatable bonds is 6. The van der Waals surface area contributed by atoms with E-state index in [-0.39, 0.29) is 18.7 Å². The van der Waals surface area contributed by atoms with Gasteiger partial charge in [0.25, 0.3) is 6.43 Å². The maximum absolute atomic E-state index is 12.5. The molecule has 28 heavy (non-hydrogen) atoms. The highest BCUT2D eigenvalue weighted by Gasteiger charge is 2.23. The standard InChI is InChI=1S/C20H30F2N4O2/c1-13-8-14-9-17(27-3)15(10-18(14)28-13)11-24-20(23-2)25-16-4-6-26(7-5-16)12-19(21)22/h9-10,13,16,19H,4-8,11-12H2,1-3H3,(H2,23,24,25). The lowest BCUT2D eigenvalue weighted by molar-refractivity contribution is 0.0744. The summed E-state index contributed by atoms with van der Waals surface area (Å²) >= 11 is 0. The van der Waals surface area contributed by atoms with E-state index >= 15 is 0 Å². The molecule has 2 aliphatic rings. The number of hydrogen-bond acceptors (Lipinski definition) is 4. The zero-order chi connectivity index (χ0) is 20.1. The number of benzene rings is 1. The third kappa shape index (κ3) is 5.25. The van der Waals surface area contributed by atoms with Crippen molar-refractivity contribution in [1.82, 2.24) is 15.5 Å². The number of ether oxygens (including phenoxy) is 2. The Morgan fingerprint density at radius 3 is 2.75 bits per heavy atom. The van der Waals surface area contributed by atoms with Gasteiger partial charge in [-0.1, -0.05) is 0 Å². The first-order valence-corrected chi connectivity index (χ1v) is 9.82. The van der Waals surface area contributed by atoms with Gasteiger partial charge in [0, 0.05) is 50.3 Å². The average molecular weight is 396 g/mol. The van der Waals surface area contributed by atoms with Crippen LogP contribution in [0.25, 0.3) is 0 Å². The molecule has 0 bridgehead atoms. The van der Waals surface area contributed by atoms with E-state index in [0.29, 0.717) is 25.6 Å². The molecule has 1 aromatic carbocycles. The van der Waals surface area contributed by atoms with Gasteiger partial charge in [0.1, 0.15) is 17.6 Å². The lowest BCUT2D eigenvalue weighted by Gasteiger charge is -2.32. The van der Waals surface area contributed by atoms with Crippen molar-refractivity contribution in [3.05, 3.63) is 23.3 Å². The van der Waals surface area contributed by atoms with E-state index in [0.717, 1.165) is 36.3 Å². The maximum atomic E-state index is 12.5. The fraction of sp³-hybridized carbons (Fsp3) is 0.650. The molecule has 0 saturated carbocycles. The maximum Gasteiger partial charge on any atom is 0.251 e. The van der Waals surface area contributed by atoms with E-state index in [2.05, 4.69) is 22.5 Å². The second-order valence-electron chi connectivity index (χ2n) is 7.44. The van der Waals surface area contributed by atoms with Crippen LogP contribution in [0.1, 0.15) is 30.9 Å². The molecule has 1 saturated heterocycles. The van der Waals surface area contributed by atoms with Crippen molar-refractivity contribution < 1.29 is 18.3 Å². The van der Waals surface area contributed by atoms with E-state index in [1.807, 2.05) is 17.0 Å². The molecule has 0 amide bonds. The van der Waals surface area contributed by atoms with E-state index < -0.39 is 6.43 Å². The Balaban J connectivity index is 1.53. The molecule has 1 aromatic rings. The molecular weight excluding hydrogens is 366 g/mol. The molecule has 0 aromatic heterocycles. The summed E-state index contributed by atoms with van der Waals surface area (Å²) in [5, 5.41) is 6.72. The van der Waals surface area contributed by atoms with Crippen LogP contribution in [0.15, 0.2) is 17.1 Å². The third-order valence-corrected chi connectivity index (χ3v) is 5.29. The molecule has 6 nitrogen and oxygen atoms in total. The molecule has 156 valence electrons. The summed E-state index contributed by atoms with van der Waals surface area (Å²) in [4.78, 5) is 6.11. The summed E-state index contributed by atoms with van der Waals surface area (Å²) in [5.74, 6) is 2.45. The molecule has 2 N–H and O–H groups in total. The summed E-state index contributed by atoms with van der Waals surface area (Å²) in [6, 6.07) is 4.30. The third-order valence-electron chi connectivity index (χ3n) is 5.29. The summed E-state index contributed by atoms with van der Waals surface area (Å²) < 4.78 is 36.4. The van der Waals surface area contributed by atoms with E-state index in [4.69, 9.17) is 9.47 Å². The first-order valence-electron chi connectivity index (χ1n) is 9.82. The van der Waals surface area contributed by atoms with Crippen molar-refractivity contribution >= 4 is 5.96 Å². The molecule has 3 rings (SSSR count). The van der Waals surface area contributed by atoms with Gasteiger partial charge in [0.05, 0.1) is 13.7 Å². The van der Waals surface area contributed by atoms with E-state index in [1.165, 1.54) is 5.56 Å². The van der Waals surface area contributed by atoms with Crippen molar-refractivity contribution in [2.24, 2.45) is 4.99 Å². The molecular formula is C20H30F2N4O2. The highest BCUT2D eigenvalue weighted by Crippen LogP contribution is 2.34. The smallest absolute Gasteiger partial charge is 0.251 e. The minimum absolute atomic E-state index is 0.140. The number of guanidine groups is 1. The van der Waals surface area contributed by atoms with Gasteiger partial charge in [0.15, 0.2) is 5.96 Å². The second kappa shape index (κ2) is 9.41. The quantitative estimate of drug-likeness (QED) is 0.571. The molecule has 0 radical (unpaired) electrons. The lowest BCUT2D eigenvalue weighted by atomic mass is 10.1. The number of fused-ring (bicyclic) bond motifs is 1. The minimum atomic E-state index is -2.27. The van der Waals surface area contributed by atoms with Crippen LogP contribution in [0, 0.1) is 0 Å². The number of likely N-dealkylation sites (tertiary alicyclic amines) is 1. The molecule has 8 heteroatoms. The average Bonchev–Trinajstić information content (AvgIpc) is 3.04. The predicted molar refractivity (Wildman–Crippen MR) is 106 cm³/mol. The first kappa shape index (κ1) is 20.6. The zero-order valence-electron chi connectivity index (χ0n) is 16.8. The largest absolute Gasteiger partial charge is 0.496 e. The molecule has 1 atom stereocenters. The minimum Gasteiger partial charge on any atom is -0.496 e. The SMILES string of the molecule is CN=C(NCc1cc2c(cc1OC)CC(C)O2)NC1CCN(CC(F)F)CC1. The van der Waals surface area contributed by atoms with Gasteiger partial charge in [-0.2, -0.15) is 0 Å². The fourth-order valence-corrected chi connectivity index (χ4v) is 3.83. The van der Waals surface area contributed by atoms with Crippen molar-refractivity contribution in [2.45, 2.75) is 51.3 Å². The van der Waals surface area contributed by atoms with Crippen LogP contribution < -0.4 is 20.1 Å². The first-order chi connectivity index (χ1) is 13.5. The normalized spacial score (nSPS) is 20.8. The monoisotopic (exact) mass is 396 g/mol. The molecule has 2 heterocycles. The number of methoxy groups -OCH3 is 1. The summed E-state index contributed by atoms with van der Waals surface area (Å²) in [6.45, 7) is 3.82. The molecule has 1 unspecified atom stereocenters. The van der Waals surface area contributed by atoms with E-state index in [1.54, 1.807) is 14.2 Å². The number of halogens is 2. The molecule has 0 aliphatic carbocycles. The molecule has 2 aliphatic heterocycles. The Labute approximate surface area is 165 Å². The van der Waals surface area contributed by atoms with Crippen LogP contribution in [0.4, 0.5) is 8.78 Å². The Morgan fingerprint density at radius 2 is 2.11 bits per heavy atom. The van der Waals surface area contributed by atoms with Crippen molar-refractivity contribution in [3.8, 4) is 11.5 Å². The number of hydrogen-bond donors (Lipinski definition) is 2. The number of nitrogens with zero attached hydrogens (tertiary/aromatic N) is 2. The van der Waals surface area contributed by atoms with Gasteiger partial charge in [-0.3, -0.25) is 9.89 Å². The highest BCUT2D eigenvalue weighted by atomic mass is 19.3. The van der Waals surface area contributed by atoms with Crippen LogP contribution >= 0.6 is 0 Å². The van der Waals surface area contributed by atoms with Gasteiger partial charge in [-0.05, 0) is 31.9 Å². The van der Waals surface area contributed by atoms with Crippen molar-refractivity contribution in [1.29, 1.82) is 0 Å². The van der Waals surface area contributed by atoms with Gasteiger partial charge in [-0.15, -0.1) is 0 Å². The predicted octanol–water partition coefficient (Wildman–Crippen LogP) is 2.41. The Bertz CT molecular complexity index is 691. The van der Waals surface area contributed by atoms with E-state index in [9.17, 15) is 8.78 Å². The van der Waals surface area contributed by atoms with Crippen LogP contribution in [0.5, 0.6) is 11.5 Å². The topological polar surface area (TPSA) is 58.1 Å². The van der Waals surface area contributed by atoms with Gasteiger partial charge < -0.3 is 20.1 Å². The van der Waals surface area contributed by atoms with Crippen LogP contribution in [0.2, 0.25) is 0 Å². The molecule has 1 fully saturated rings. The summed E-state index contributed by atoms with van der Waals surface area (Å²) in [7, 11) is 3.40. The Hall–Kier alpha value is -2.09. The van der Waals surface area contributed by atoms with Crippen LogP contribution in [-0.4, -0.2) is 63.2 Å².